The maximum absolute atomic E-state index is 14.1. The molecule has 0 bridgehead atoms. The number of methoxy groups -OCH3 is 1. The van der Waals surface area contributed by atoms with Crippen LogP contribution in [0.3, 0.4) is 0 Å². The molecule has 2 aromatic heterocycles. The fourth-order valence-corrected chi connectivity index (χ4v) is 3.02. The van der Waals surface area contributed by atoms with Crippen LogP contribution in [0.25, 0.3) is 11.2 Å². The Morgan fingerprint density at radius 2 is 1.87 bits per heavy atom. The predicted molar refractivity (Wildman–Crippen MR) is 113 cm³/mol. The number of aliphatic hydroxyl groups is 1. The number of hydrogen-bond acceptors (Lipinski definition) is 7. The van der Waals surface area contributed by atoms with E-state index in [0.29, 0.717) is 23.1 Å². The van der Waals surface area contributed by atoms with Gasteiger partial charge in [0.25, 0.3) is 0 Å². The van der Waals surface area contributed by atoms with Gasteiger partial charge in [-0.3, -0.25) is 4.57 Å². The average Bonchev–Trinajstić information content (AvgIpc) is 3.12. The largest absolute Gasteiger partial charge is 0.497 e. The first-order valence-corrected chi connectivity index (χ1v) is 9.37. The third kappa shape index (κ3) is 3.87. The van der Waals surface area contributed by atoms with Gasteiger partial charge in [0.15, 0.2) is 5.65 Å². The Labute approximate surface area is 172 Å². The second kappa shape index (κ2) is 8.34. The number of fused-ring (bicyclic) bond motifs is 1. The van der Waals surface area contributed by atoms with Crippen molar-refractivity contribution in [2.45, 2.75) is 13.0 Å². The molecular weight excluding hydrogens is 387 g/mol. The van der Waals surface area contributed by atoms with E-state index in [-0.39, 0.29) is 18.3 Å². The van der Waals surface area contributed by atoms with Crippen molar-refractivity contribution < 1.29 is 14.2 Å². The minimum Gasteiger partial charge on any atom is -0.497 e. The number of aliphatic hydroxyl groups excluding tert-OH is 1. The molecule has 3 N–H and O–H groups in total. The summed E-state index contributed by atoms with van der Waals surface area (Å²) in [6.45, 7) is 1.69. The maximum Gasteiger partial charge on any atom is 0.229 e. The van der Waals surface area contributed by atoms with Gasteiger partial charge >= 0.3 is 0 Å². The number of para-hydroxylation sites is 1. The SMILES string of the molecule is COc1ccc(Nc2ncc3nc(Nc4ccccc4F)n([C@@H](C)CO)c3n2)cc1. The van der Waals surface area contributed by atoms with Crippen molar-refractivity contribution in [3.8, 4) is 5.75 Å². The number of imidazole rings is 1. The van der Waals surface area contributed by atoms with Crippen molar-refractivity contribution in [1.82, 2.24) is 19.5 Å². The summed E-state index contributed by atoms with van der Waals surface area (Å²) in [5, 5.41) is 15.9. The summed E-state index contributed by atoms with van der Waals surface area (Å²) in [5.74, 6) is 1.08. The molecule has 0 spiro atoms. The molecule has 0 aliphatic carbocycles. The second-order valence-electron chi connectivity index (χ2n) is 6.70. The maximum atomic E-state index is 14.1. The first-order chi connectivity index (χ1) is 14.6. The molecule has 4 rings (SSSR count). The monoisotopic (exact) mass is 408 g/mol. The second-order valence-corrected chi connectivity index (χ2v) is 6.70. The van der Waals surface area contributed by atoms with Gasteiger partial charge in [0.1, 0.15) is 17.1 Å². The lowest BCUT2D eigenvalue weighted by Crippen LogP contribution is -2.13. The topological polar surface area (TPSA) is 97.1 Å². The number of hydrogen-bond donors (Lipinski definition) is 3. The van der Waals surface area contributed by atoms with Gasteiger partial charge < -0.3 is 20.5 Å². The number of aromatic nitrogens is 4. The van der Waals surface area contributed by atoms with Crippen LogP contribution in [-0.2, 0) is 0 Å². The van der Waals surface area contributed by atoms with Crippen molar-refractivity contribution in [2.75, 3.05) is 24.4 Å². The summed E-state index contributed by atoms with van der Waals surface area (Å²) in [6.07, 6.45) is 1.58. The number of nitrogens with one attached hydrogen (secondary N) is 2. The quantitative estimate of drug-likeness (QED) is 0.425. The van der Waals surface area contributed by atoms with E-state index in [2.05, 4.69) is 25.6 Å². The molecule has 2 heterocycles. The Kier molecular flexibility index (Phi) is 5.44. The van der Waals surface area contributed by atoms with Gasteiger partial charge in [0.05, 0.1) is 31.6 Å². The Hall–Kier alpha value is -3.72. The molecule has 0 amide bonds. The van der Waals surface area contributed by atoms with E-state index >= 15 is 0 Å². The highest BCUT2D eigenvalue weighted by molar-refractivity contribution is 5.77. The van der Waals surface area contributed by atoms with E-state index in [0.717, 1.165) is 11.4 Å². The van der Waals surface area contributed by atoms with Crippen LogP contribution in [0.1, 0.15) is 13.0 Å². The zero-order valence-corrected chi connectivity index (χ0v) is 16.5. The van der Waals surface area contributed by atoms with Crippen LogP contribution >= 0.6 is 0 Å². The normalized spacial score (nSPS) is 12.0. The lowest BCUT2D eigenvalue weighted by molar-refractivity contribution is 0.242. The summed E-state index contributed by atoms with van der Waals surface area (Å²) >= 11 is 0. The number of rotatable bonds is 7. The Balaban J connectivity index is 1.72. The molecule has 154 valence electrons. The van der Waals surface area contributed by atoms with Gasteiger partial charge in [-0.15, -0.1) is 0 Å². The first kappa shape index (κ1) is 19.6. The van der Waals surface area contributed by atoms with E-state index in [4.69, 9.17) is 4.74 Å². The van der Waals surface area contributed by atoms with Crippen molar-refractivity contribution in [1.29, 1.82) is 0 Å². The van der Waals surface area contributed by atoms with Crippen molar-refractivity contribution in [2.24, 2.45) is 0 Å². The Morgan fingerprint density at radius 3 is 2.57 bits per heavy atom. The van der Waals surface area contributed by atoms with Gasteiger partial charge in [-0.2, -0.15) is 4.98 Å². The summed E-state index contributed by atoms with van der Waals surface area (Å²) < 4.78 is 21.0. The van der Waals surface area contributed by atoms with E-state index in [1.807, 2.05) is 31.2 Å². The van der Waals surface area contributed by atoms with Crippen LogP contribution in [0, 0.1) is 5.82 Å². The van der Waals surface area contributed by atoms with Gasteiger partial charge in [-0.25, -0.2) is 14.4 Å². The van der Waals surface area contributed by atoms with Crippen LogP contribution in [0.4, 0.5) is 27.7 Å². The summed E-state index contributed by atoms with van der Waals surface area (Å²) in [6, 6.07) is 13.3. The number of ether oxygens (including phenoxy) is 1. The highest BCUT2D eigenvalue weighted by atomic mass is 19.1. The zero-order valence-electron chi connectivity index (χ0n) is 16.5. The summed E-state index contributed by atoms with van der Waals surface area (Å²) in [7, 11) is 1.61. The number of nitrogens with zero attached hydrogens (tertiary/aromatic N) is 4. The smallest absolute Gasteiger partial charge is 0.229 e. The molecule has 4 aromatic rings. The molecular formula is C21H21FN6O2. The Morgan fingerprint density at radius 1 is 1.10 bits per heavy atom. The highest BCUT2D eigenvalue weighted by Crippen LogP contribution is 2.27. The lowest BCUT2D eigenvalue weighted by atomic mass is 10.3. The molecule has 1 atom stereocenters. The van der Waals surface area contributed by atoms with Crippen LogP contribution in [0.5, 0.6) is 5.75 Å². The first-order valence-electron chi connectivity index (χ1n) is 9.37. The van der Waals surface area contributed by atoms with Crippen molar-refractivity contribution >= 4 is 34.4 Å². The van der Waals surface area contributed by atoms with Crippen LogP contribution in [0.2, 0.25) is 0 Å². The van der Waals surface area contributed by atoms with Gasteiger partial charge in [-0.05, 0) is 43.3 Å². The minimum atomic E-state index is -0.402. The van der Waals surface area contributed by atoms with Gasteiger partial charge in [0.2, 0.25) is 11.9 Å². The van der Waals surface area contributed by atoms with E-state index in [1.165, 1.54) is 6.07 Å². The fraction of sp³-hybridized carbons (Fsp3) is 0.190. The van der Waals surface area contributed by atoms with E-state index in [9.17, 15) is 9.50 Å². The van der Waals surface area contributed by atoms with Crippen LogP contribution < -0.4 is 15.4 Å². The minimum absolute atomic E-state index is 0.136. The number of anilines is 4. The molecule has 0 aliphatic rings. The van der Waals surface area contributed by atoms with E-state index in [1.54, 1.807) is 36.1 Å². The fourth-order valence-electron chi connectivity index (χ4n) is 3.02. The molecule has 30 heavy (non-hydrogen) atoms. The molecule has 0 fully saturated rings. The van der Waals surface area contributed by atoms with Crippen molar-refractivity contribution in [3.63, 3.8) is 0 Å². The number of halogens is 1. The molecule has 0 saturated carbocycles. The lowest BCUT2D eigenvalue weighted by Gasteiger charge is -2.16. The molecule has 9 heteroatoms. The predicted octanol–water partition coefficient (Wildman–Crippen LogP) is 4.01. The molecule has 0 aliphatic heterocycles. The molecule has 0 unspecified atom stereocenters. The average molecular weight is 408 g/mol. The summed E-state index contributed by atoms with van der Waals surface area (Å²) in [5.41, 5.74) is 2.11. The Bertz CT molecular complexity index is 1160. The van der Waals surface area contributed by atoms with Gasteiger partial charge in [0, 0.05) is 5.69 Å². The van der Waals surface area contributed by atoms with Crippen molar-refractivity contribution in [3.05, 3.63) is 60.5 Å². The third-order valence-corrected chi connectivity index (χ3v) is 4.60. The standard InChI is InChI=1S/C21H21FN6O2/c1-13(12-29)28-19-18(26-21(28)25-17-6-4-3-5-16(17)22)11-23-20(27-19)24-14-7-9-15(30-2)10-8-14/h3-11,13,29H,12H2,1-2H3,(H,25,26)(H,23,24,27)/t13-/m0/s1. The molecule has 0 radical (unpaired) electrons. The summed E-state index contributed by atoms with van der Waals surface area (Å²) in [4.78, 5) is 13.4. The van der Waals surface area contributed by atoms with E-state index < -0.39 is 5.82 Å². The van der Waals surface area contributed by atoms with Crippen LogP contribution in [-0.4, -0.2) is 38.3 Å². The number of benzene rings is 2. The molecule has 0 saturated heterocycles. The highest BCUT2D eigenvalue weighted by Gasteiger charge is 2.19. The third-order valence-electron chi connectivity index (χ3n) is 4.60. The molecule has 2 aromatic carbocycles. The van der Waals surface area contributed by atoms with Crippen LogP contribution in [0.15, 0.2) is 54.7 Å². The van der Waals surface area contributed by atoms with Gasteiger partial charge in [-0.1, -0.05) is 12.1 Å². The zero-order chi connectivity index (χ0) is 21.1. The molecule has 8 nitrogen and oxygen atoms in total.